The van der Waals surface area contributed by atoms with Crippen LogP contribution >= 0.6 is 0 Å². The molecule has 2 rings (SSSR count). The topological polar surface area (TPSA) is 81.7 Å². The van der Waals surface area contributed by atoms with Gasteiger partial charge in [0.15, 0.2) is 0 Å². The van der Waals surface area contributed by atoms with E-state index in [1.54, 1.807) is 0 Å². The van der Waals surface area contributed by atoms with Gasteiger partial charge in [-0.15, -0.1) is 0 Å². The van der Waals surface area contributed by atoms with E-state index in [9.17, 15) is 9.59 Å². The van der Waals surface area contributed by atoms with Crippen LogP contribution in [0, 0.1) is 0 Å². The first-order valence-electron chi connectivity index (χ1n) is 7.61. The lowest BCUT2D eigenvalue weighted by atomic mass is 10.1. The molecule has 1 aliphatic carbocycles. The number of hydrogen-bond acceptors (Lipinski definition) is 3. The molecule has 1 aliphatic heterocycles. The number of urea groups is 1. The SMILES string of the molecule is CCCC(CC(=O)O)NC(=O)NC1CCN(C2CC2)C1. The minimum Gasteiger partial charge on any atom is -0.481 e. The van der Waals surface area contributed by atoms with Gasteiger partial charge in [0.2, 0.25) is 0 Å². The summed E-state index contributed by atoms with van der Waals surface area (Å²) in [5.74, 6) is -0.871. The van der Waals surface area contributed by atoms with Crippen LogP contribution in [0.15, 0.2) is 0 Å². The van der Waals surface area contributed by atoms with Crippen LogP contribution in [-0.4, -0.2) is 53.2 Å². The summed E-state index contributed by atoms with van der Waals surface area (Å²) < 4.78 is 0. The maximum Gasteiger partial charge on any atom is 0.315 e. The van der Waals surface area contributed by atoms with E-state index in [4.69, 9.17) is 5.11 Å². The van der Waals surface area contributed by atoms with E-state index in [2.05, 4.69) is 15.5 Å². The van der Waals surface area contributed by atoms with Gasteiger partial charge in [0.1, 0.15) is 0 Å². The largest absolute Gasteiger partial charge is 0.481 e. The van der Waals surface area contributed by atoms with Gasteiger partial charge in [0.05, 0.1) is 6.42 Å². The van der Waals surface area contributed by atoms with Crippen LogP contribution in [0.25, 0.3) is 0 Å². The molecular weight excluding hydrogens is 258 g/mol. The second kappa shape index (κ2) is 6.92. The molecule has 2 atom stereocenters. The highest BCUT2D eigenvalue weighted by molar-refractivity contribution is 5.76. The first kappa shape index (κ1) is 15.1. The second-order valence-electron chi connectivity index (χ2n) is 5.91. The van der Waals surface area contributed by atoms with Gasteiger partial charge >= 0.3 is 12.0 Å². The van der Waals surface area contributed by atoms with Crippen LogP contribution in [0.5, 0.6) is 0 Å². The third-order valence-electron chi connectivity index (χ3n) is 4.01. The Labute approximate surface area is 119 Å². The molecule has 2 unspecified atom stereocenters. The molecule has 2 amide bonds. The molecule has 0 aromatic heterocycles. The Morgan fingerprint density at radius 3 is 2.70 bits per heavy atom. The first-order chi connectivity index (χ1) is 9.58. The van der Waals surface area contributed by atoms with Gasteiger partial charge in [-0.25, -0.2) is 4.79 Å². The van der Waals surface area contributed by atoms with Gasteiger partial charge in [-0.3, -0.25) is 9.69 Å². The second-order valence-corrected chi connectivity index (χ2v) is 5.91. The number of likely N-dealkylation sites (tertiary alicyclic amines) is 1. The molecule has 2 aliphatic rings. The van der Waals surface area contributed by atoms with Crippen LogP contribution in [0.3, 0.4) is 0 Å². The fourth-order valence-corrected chi connectivity index (χ4v) is 2.87. The summed E-state index contributed by atoms with van der Waals surface area (Å²) in [6, 6.07) is 0.429. The van der Waals surface area contributed by atoms with E-state index in [1.165, 1.54) is 12.8 Å². The van der Waals surface area contributed by atoms with Gasteiger partial charge in [0.25, 0.3) is 0 Å². The number of carboxylic acids is 1. The van der Waals surface area contributed by atoms with Crippen molar-refractivity contribution in [2.45, 2.75) is 63.6 Å². The summed E-state index contributed by atoms with van der Waals surface area (Å²) >= 11 is 0. The molecule has 6 heteroatoms. The molecule has 0 aromatic carbocycles. The summed E-state index contributed by atoms with van der Waals surface area (Å²) in [5, 5.41) is 14.6. The zero-order chi connectivity index (χ0) is 14.5. The van der Waals surface area contributed by atoms with Crippen molar-refractivity contribution >= 4 is 12.0 Å². The molecule has 0 bridgehead atoms. The highest BCUT2D eigenvalue weighted by Crippen LogP contribution is 2.29. The summed E-state index contributed by atoms with van der Waals surface area (Å²) in [5.41, 5.74) is 0. The van der Waals surface area contributed by atoms with Gasteiger partial charge in [0, 0.05) is 31.2 Å². The highest BCUT2D eigenvalue weighted by atomic mass is 16.4. The van der Waals surface area contributed by atoms with Gasteiger partial charge in [-0.05, 0) is 25.7 Å². The first-order valence-corrected chi connectivity index (χ1v) is 7.61. The normalized spacial score (nSPS) is 24.4. The minimum absolute atomic E-state index is 0.0138. The Bertz CT molecular complexity index is 358. The lowest BCUT2D eigenvalue weighted by Gasteiger charge is -2.19. The smallest absolute Gasteiger partial charge is 0.315 e. The van der Waals surface area contributed by atoms with Crippen molar-refractivity contribution in [1.29, 1.82) is 0 Å². The third-order valence-corrected chi connectivity index (χ3v) is 4.01. The fraction of sp³-hybridized carbons (Fsp3) is 0.857. The molecule has 0 radical (unpaired) electrons. The van der Waals surface area contributed by atoms with Crippen LogP contribution in [0.4, 0.5) is 4.79 Å². The number of nitrogens with zero attached hydrogens (tertiary/aromatic N) is 1. The summed E-state index contributed by atoms with van der Waals surface area (Å²) in [6.45, 7) is 3.97. The number of nitrogens with one attached hydrogen (secondary N) is 2. The average Bonchev–Trinajstić information content (AvgIpc) is 3.10. The quantitative estimate of drug-likeness (QED) is 0.655. The van der Waals surface area contributed by atoms with Crippen molar-refractivity contribution in [3.63, 3.8) is 0 Å². The van der Waals surface area contributed by atoms with E-state index >= 15 is 0 Å². The Hall–Kier alpha value is -1.30. The highest BCUT2D eigenvalue weighted by Gasteiger charge is 2.34. The number of carbonyl (C=O) groups excluding carboxylic acids is 1. The van der Waals surface area contributed by atoms with E-state index < -0.39 is 5.97 Å². The predicted octanol–water partition coefficient (Wildman–Crippen LogP) is 1.17. The Kier molecular flexibility index (Phi) is 5.23. The lowest BCUT2D eigenvalue weighted by Crippen LogP contribution is -2.47. The number of carboxylic acid groups (broad SMARTS) is 1. The molecule has 114 valence electrons. The number of aliphatic carboxylic acids is 1. The molecule has 20 heavy (non-hydrogen) atoms. The molecule has 3 N–H and O–H groups in total. The zero-order valence-corrected chi connectivity index (χ0v) is 12.1. The van der Waals surface area contributed by atoms with E-state index in [0.29, 0.717) is 6.42 Å². The maximum absolute atomic E-state index is 11.9. The molecule has 0 spiro atoms. The Morgan fingerprint density at radius 1 is 1.35 bits per heavy atom. The minimum atomic E-state index is -0.871. The Morgan fingerprint density at radius 2 is 2.10 bits per heavy atom. The molecule has 0 aromatic rings. The van der Waals surface area contributed by atoms with Crippen molar-refractivity contribution in [2.75, 3.05) is 13.1 Å². The molecule has 6 nitrogen and oxygen atoms in total. The van der Waals surface area contributed by atoms with Crippen molar-refractivity contribution in [2.24, 2.45) is 0 Å². The van der Waals surface area contributed by atoms with Crippen molar-refractivity contribution < 1.29 is 14.7 Å². The average molecular weight is 283 g/mol. The van der Waals surface area contributed by atoms with Crippen molar-refractivity contribution in [3.8, 4) is 0 Å². The van der Waals surface area contributed by atoms with Gasteiger partial charge in [-0.2, -0.15) is 0 Å². The van der Waals surface area contributed by atoms with Gasteiger partial charge in [-0.1, -0.05) is 13.3 Å². The summed E-state index contributed by atoms with van der Waals surface area (Å²) in [7, 11) is 0. The van der Waals surface area contributed by atoms with Crippen LogP contribution in [0.1, 0.15) is 45.4 Å². The number of rotatable bonds is 7. The summed E-state index contributed by atoms with van der Waals surface area (Å²) in [4.78, 5) is 25.1. The standard InChI is InChI=1S/C14H25N3O3/c1-2-3-10(8-13(18)19)15-14(20)16-11-6-7-17(9-11)12-4-5-12/h10-12H,2-9H2,1H3,(H,18,19)(H2,15,16,20). The number of carbonyl (C=O) groups is 2. The number of hydrogen-bond donors (Lipinski definition) is 3. The van der Waals surface area contributed by atoms with Crippen LogP contribution in [0.2, 0.25) is 0 Å². The fourth-order valence-electron chi connectivity index (χ4n) is 2.87. The van der Waals surface area contributed by atoms with Crippen LogP contribution < -0.4 is 10.6 Å². The lowest BCUT2D eigenvalue weighted by molar-refractivity contribution is -0.137. The molecule has 2 fully saturated rings. The van der Waals surface area contributed by atoms with E-state index in [-0.39, 0.29) is 24.5 Å². The van der Waals surface area contributed by atoms with Gasteiger partial charge < -0.3 is 15.7 Å². The monoisotopic (exact) mass is 283 g/mol. The summed E-state index contributed by atoms with van der Waals surface area (Å²) in [6.07, 6.45) is 5.10. The van der Waals surface area contributed by atoms with Crippen LogP contribution in [-0.2, 0) is 4.79 Å². The number of amides is 2. The van der Waals surface area contributed by atoms with E-state index in [0.717, 1.165) is 32.0 Å². The van der Waals surface area contributed by atoms with E-state index in [1.807, 2.05) is 6.92 Å². The Balaban J connectivity index is 1.71. The molecule has 1 heterocycles. The van der Waals surface area contributed by atoms with Crippen molar-refractivity contribution in [1.82, 2.24) is 15.5 Å². The third kappa shape index (κ3) is 4.67. The molecule has 1 saturated carbocycles. The molecule has 1 saturated heterocycles. The zero-order valence-electron chi connectivity index (χ0n) is 12.1. The maximum atomic E-state index is 11.9. The predicted molar refractivity (Wildman–Crippen MR) is 75.6 cm³/mol. The molecular formula is C14H25N3O3. The van der Waals surface area contributed by atoms with Crippen molar-refractivity contribution in [3.05, 3.63) is 0 Å².